The van der Waals surface area contributed by atoms with Crippen LogP contribution in [0.4, 0.5) is 0 Å². The van der Waals surface area contributed by atoms with Gasteiger partial charge in [0.1, 0.15) is 0 Å². The molecular weight excluding hydrogens is 682 g/mol. The molecule has 0 amide bonds. The van der Waals surface area contributed by atoms with Crippen LogP contribution in [0.15, 0.2) is 65.0 Å². The van der Waals surface area contributed by atoms with Crippen LogP contribution in [0.2, 0.25) is 0 Å². The normalized spacial score (nSPS) is 22.9. The van der Waals surface area contributed by atoms with Gasteiger partial charge in [0, 0.05) is 0 Å². The van der Waals surface area contributed by atoms with Crippen molar-refractivity contribution in [3.8, 4) is 0 Å². The zero-order valence-corrected chi connectivity index (χ0v) is 24.6. The maximum atomic E-state index is 3.77. The SMILES string of the molecule is Brc1cc2c3c(c1)=CC1=CS[CH]([Zr+2][CH]4SC=C5C=c6cc(Br)cc(c6=C54)S2)C=31.[Cl-].[Cl-]. The topological polar surface area (TPSA) is 0 Å². The van der Waals surface area contributed by atoms with Gasteiger partial charge in [0.05, 0.1) is 0 Å². The molecule has 0 aromatic heterocycles. The maximum Gasteiger partial charge on any atom is -1.00 e. The Bertz CT molecular complexity index is 1350. The van der Waals surface area contributed by atoms with E-state index in [0.717, 1.165) is 5.92 Å². The Morgan fingerprint density at radius 2 is 1.17 bits per heavy atom. The van der Waals surface area contributed by atoms with Gasteiger partial charge >= 0.3 is 205 Å². The molecule has 0 fully saturated rings. The van der Waals surface area contributed by atoms with E-state index in [9.17, 15) is 0 Å². The van der Waals surface area contributed by atoms with Crippen LogP contribution in [-0.4, -0.2) is 5.92 Å². The van der Waals surface area contributed by atoms with Gasteiger partial charge in [-0.3, -0.25) is 0 Å². The monoisotopic (exact) mass is 688 g/mol. The first-order valence-corrected chi connectivity index (χ1v) is 16.1. The molecule has 0 nitrogen and oxygen atoms in total. The van der Waals surface area contributed by atoms with Crippen molar-refractivity contribution in [1.29, 1.82) is 0 Å². The average Bonchev–Trinajstić information content (AvgIpc) is 3.36. The predicted molar refractivity (Wildman–Crippen MR) is 126 cm³/mol. The fourth-order valence-corrected chi connectivity index (χ4v) is 16.3. The first kappa shape index (κ1) is 22.7. The fourth-order valence-electron chi connectivity index (χ4n) is 4.63. The molecule has 2 unspecified atom stereocenters. The average molecular weight is 692 g/mol. The van der Waals surface area contributed by atoms with Crippen LogP contribution in [0.3, 0.4) is 0 Å². The molecule has 148 valence electrons. The standard InChI is InChI=1S/C22H10Br2S3.2ClH.Zr/c23-15-3-11-1-13-7-25-9-17(13)21(11)19(5-15)27-20-6-16(24)4-12-2-14-8-26-10-18(14)22(12)20;;;/h1-10H;2*1H;/q;;;+2/p-2. The van der Waals surface area contributed by atoms with Crippen LogP contribution in [0.25, 0.3) is 23.3 Å². The minimum absolute atomic E-state index is 0. The molecule has 0 saturated carbocycles. The van der Waals surface area contributed by atoms with E-state index in [1.807, 2.05) is 11.8 Å². The third-order valence-corrected chi connectivity index (χ3v) is 16.0. The maximum absolute atomic E-state index is 3.77. The van der Waals surface area contributed by atoms with Crippen molar-refractivity contribution in [2.24, 2.45) is 0 Å². The third-order valence-electron chi connectivity index (χ3n) is 5.69. The Balaban J connectivity index is 0.000000963. The van der Waals surface area contributed by atoms with Gasteiger partial charge in [0.25, 0.3) is 0 Å². The molecule has 2 atom stereocenters. The Labute approximate surface area is 227 Å². The van der Waals surface area contributed by atoms with Gasteiger partial charge in [-0.2, -0.15) is 0 Å². The molecule has 0 spiro atoms. The van der Waals surface area contributed by atoms with E-state index in [1.165, 1.54) is 50.8 Å². The first-order valence-electron chi connectivity index (χ1n) is 8.93. The minimum Gasteiger partial charge on any atom is -1.00 e. The molecule has 0 radical (unpaired) electrons. The van der Waals surface area contributed by atoms with Crippen LogP contribution in [0.1, 0.15) is 0 Å². The van der Waals surface area contributed by atoms with Gasteiger partial charge in [-0.25, -0.2) is 0 Å². The second-order valence-corrected chi connectivity index (χ2v) is 17.9. The molecule has 8 heteroatoms. The Hall–Kier alpha value is 0.873. The second-order valence-electron chi connectivity index (χ2n) is 7.30. The molecule has 5 aliphatic rings. The number of halogens is 4. The molecule has 7 rings (SSSR count). The van der Waals surface area contributed by atoms with Crippen LogP contribution in [0, 0.1) is 0 Å². The van der Waals surface area contributed by atoms with Crippen molar-refractivity contribution in [1.82, 2.24) is 0 Å². The van der Waals surface area contributed by atoms with Gasteiger partial charge in [-0.15, -0.1) is 0 Å². The molecule has 0 saturated heterocycles. The van der Waals surface area contributed by atoms with Gasteiger partial charge in [-0.05, 0) is 0 Å². The minimum atomic E-state index is -0.693. The Kier molecular flexibility index (Phi) is 6.25. The summed E-state index contributed by atoms with van der Waals surface area (Å²) in [5.41, 5.74) is 6.22. The van der Waals surface area contributed by atoms with Gasteiger partial charge in [-0.1, -0.05) is 0 Å². The molecule has 0 bridgehead atoms. The van der Waals surface area contributed by atoms with Crippen molar-refractivity contribution in [2.45, 2.75) is 15.7 Å². The van der Waals surface area contributed by atoms with E-state index in [0.29, 0.717) is 0 Å². The number of rotatable bonds is 0. The summed E-state index contributed by atoms with van der Waals surface area (Å²) in [5, 5.41) is 10.6. The molecule has 0 N–H and O–H groups in total. The third kappa shape index (κ3) is 3.27. The molecule has 3 aliphatic heterocycles. The molecule has 30 heavy (non-hydrogen) atoms. The van der Waals surface area contributed by atoms with Crippen LogP contribution in [-0.2, 0) is 23.2 Å². The van der Waals surface area contributed by atoms with E-state index in [-0.39, 0.29) is 24.8 Å². The van der Waals surface area contributed by atoms with E-state index < -0.39 is 23.2 Å². The van der Waals surface area contributed by atoms with E-state index >= 15 is 0 Å². The molecule has 3 heterocycles. The summed E-state index contributed by atoms with van der Waals surface area (Å²) in [6.45, 7) is 0. The Morgan fingerprint density at radius 3 is 1.63 bits per heavy atom. The number of benzene rings is 2. The zero-order valence-electron chi connectivity index (χ0n) is 15.0. The zero-order chi connectivity index (χ0) is 18.6. The largest absolute Gasteiger partial charge is 1.00 e. The number of hydrogen-bond acceptors (Lipinski definition) is 3. The smallest absolute Gasteiger partial charge is 1.00 e. The fraction of sp³-hybridized carbons (Fsp3) is 0.0909. The summed E-state index contributed by atoms with van der Waals surface area (Å²) in [6.07, 6.45) is 4.82. The van der Waals surface area contributed by atoms with Gasteiger partial charge in [0.15, 0.2) is 0 Å². The van der Waals surface area contributed by atoms with Crippen LogP contribution < -0.4 is 45.7 Å². The molecular formula is C22H10Br2Cl2S3Zr. The predicted octanol–water partition coefficient (Wildman–Crippen LogP) is -1.73. The van der Waals surface area contributed by atoms with Crippen LogP contribution >= 0.6 is 67.1 Å². The van der Waals surface area contributed by atoms with E-state index in [1.54, 1.807) is 11.1 Å². The Morgan fingerprint density at radius 1 is 0.700 bits per heavy atom. The summed E-state index contributed by atoms with van der Waals surface area (Å²) in [4.78, 5) is 2.79. The quantitative estimate of drug-likeness (QED) is 0.323. The summed E-state index contributed by atoms with van der Waals surface area (Å²) < 4.78 is 3.78. The van der Waals surface area contributed by atoms with Gasteiger partial charge < -0.3 is 24.8 Å². The summed E-state index contributed by atoms with van der Waals surface area (Å²) in [5.74, 6) is 0. The van der Waals surface area contributed by atoms with E-state index in [4.69, 9.17) is 0 Å². The summed E-state index contributed by atoms with van der Waals surface area (Å²) >= 11 is 13.0. The van der Waals surface area contributed by atoms with Crippen molar-refractivity contribution < 1.29 is 48.0 Å². The molecule has 2 aromatic rings. The molecule has 2 aliphatic carbocycles. The number of thioether (sulfide) groups is 2. The summed E-state index contributed by atoms with van der Waals surface area (Å²) in [6, 6.07) is 9.25. The van der Waals surface area contributed by atoms with Crippen molar-refractivity contribution in [3.63, 3.8) is 0 Å². The molecule has 2 aromatic carbocycles. The van der Waals surface area contributed by atoms with Crippen molar-refractivity contribution in [3.05, 3.63) is 76.0 Å². The first-order chi connectivity index (χ1) is 13.7. The van der Waals surface area contributed by atoms with Gasteiger partial charge in [0.2, 0.25) is 0 Å². The van der Waals surface area contributed by atoms with Crippen molar-refractivity contribution in [2.75, 3.05) is 0 Å². The summed E-state index contributed by atoms with van der Waals surface area (Å²) in [7, 11) is 0. The van der Waals surface area contributed by atoms with Crippen molar-refractivity contribution >= 4 is 90.4 Å². The van der Waals surface area contributed by atoms with E-state index in [2.05, 4.69) is 103 Å². The second kappa shape index (κ2) is 8.27. The number of allylic oxidation sites excluding steroid dienone is 2. The van der Waals surface area contributed by atoms with Crippen LogP contribution in [0.5, 0.6) is 0 Å². The number of hydrogen-bond donors (Lipinski definition) is 0.